The summed E-state index contributed by atoms with van der Waals surface area (Å²) in [6, 6.07) is 2.36. The minimum absolute atomic E-state index is 0.147. The van der Waals surface area contributed by atoms with Crippen molar-refractivity contribution in [1.29, 1.82) is 5.26 Å². The van der Waals surface area contributed by atoms with Crippen LogP contribution in [0.3, 0.4) is 0 Å². The van der Waals surface area contributed by atoms with Crippen LogP contribution in [0.5, 0.6) is 0 Å². The Morgan fingerprint density at radius 3 is 2.31 bits per heavy atom. The molecule has 0 aromatic carbocycles. The zero-order valence-electron chi connectivity index (χ0n) is 11.3. The molecular formula is C14H26N2. The Balaban J connectivity index is 2.06. The molecule has 1 N–H and O–H groups in total. The molecule has 0 aromatic heterocycles. The lowest BCUT2D eigenvalue weighted by Crippen LogP contribution is -2.41. The van der Waals surface area contributed by atoms with Crippen molar-refractivity contribution in [3.63, 3.8) is 0 Å². The van der Waals surface area contributed by atoms with Gasteiger partial charge in [0.05, 0.1) is 11.5 Å². The van der Waals surface area contributed by atoms with E-state index in [1.165, 1.54) is 19.3 Å². The van der Waals surface area contributed by atoms with Gasteiger partial charge in [0, 0.05) is 5.54 Å². The van der Waals surface area contributed by atoms with Gasteiger partial charge in [-0.05, 0) is 65.8 Å². The topological polar surface area (TPSA) is 35.8 Å². The number of hydrogen-bond acceptors (Lipinski definition) is 2. The van der Waals surface area contributed by atoms with E-state index in [0.29, 0.717) is 5.54 Å². The van der Waals surface area contributed by atoms with Gasteiger partial charge < -0.3 is 5.32 Å². The van der Waals surface area contributed by atoms with Gasteiger partial charge in [-0.2, -0.15) is 5.26 Å². The van der Waals surface area contributed by atoms with Crippen molar-refractivity contribution in [2.45, 2.75) is 65.3 Å². The minimum atomic E-state index is -0.147. The van der Waals surface area contributed by atoms with E-state index in [2.05, 4.69) is 25.2 Å². The lowest BCUT2D eigenvalue weighted by atomic mass is 9.89. The second kappa shape index (κ2) is 5.19. The third-order valence-corrected chi connectivity index (χ3v) is 3.71. The van der Waals surface area contributed by atoms with Crippen molar-refractivity contribution in [3.8, 4) is 6.07 Å². The van der Waals surface area contributed by atoms with Crippen molar-refractivity contribution in [2.24, 2.45) is 11.3 Å². The molecule has 0 unspecified atom stereocenters. The fraction of sp³-hybridized carbons (Fsp3) is 0.929. The number of unbranched alkanes of at least 4 members (excludes halogenated alkanes) is 1. The van der Waals surface area contributed by atoms with E-state index in [0.717, 1.165) is 25.3 Å². The van der Waals surface area contributed by atoms with E-state index in [1.807, 2.05) is 13.8 Å². The predicted octanol–water partition coefficient (Wildman–Crippen LogP) is 3.48. The maximum Gasteiger partial charge on any atom is 0.0683 e. The number of nitrogens with zero attached hydrogens (tertiary/aromatic N) is 1. The Morgan fingerprint density at radius 2 is 1.81 bits per heavy atom. The highest BCUT2D eigenvalue weighted by Crippen LogP contribution is 2.39. The predicted molar refractivity (Wildman–Crippen MR) is 68.1 cm³/mol. The standard InChI is InChI=1S/C14H26N2/c1-13(2,11-15)9-5-6-10-16-14(3,4)12-7-8-12/h12,16H,5-10H2,1-4H3. The molecule has 0 amide bonds. The summed E-state index contributed by atoms with van der Waals surface area (Å²) in [5, 5.41) is 12.5. The minimum Gasteiger partial charge on any atom is -0.312 e. The molecule has 0 atom stereocenters. The van der Waals surface area contributed by atoms with Gasteiger partial charge in [0.25, 0.3) is 0 Å². The summed E-state index contributed by atoms with van der Waals surface area (Å²) in [6.45, 7) is 9.75. The highest BCUT2D eigenvalue weighted by atomic mass is 15.0. The van der Waals surface area contributed by atoms with Crippen LogP contribution in [0.2, 0.25) is 0 Å². The van der Waals surface area contributed by atoms with Gasteiger partial charge in [0.1, 0.15) is 0 Å². The molecule has 0 radical (unpaired) electrons. The van der Waals surface area contributed by atoms with Crippen molar-refractivity contribution in [1.82, 2.24) is 5.32 Å². The van der Waals surface area contributed by atoms with Crippen molar-refractivity contribution >= 4 is 0 Å². The molecule has 16 heavy (non-hydrogen) atoms. The first-order chi connectivity index (χ1) is 7.37. The smallest absolute Gasteiger partial charge is 0.0683 e. The third kappa shape index (κ3) is 4.53. The van der Waals surface area contributed by atoms with E-state index in [1.54, 1.807) is 0 Å². The molecule has 0 saturated heterocycles. The molecule has 0 heterocycles. The van der Waals surface area contributed by atoms with Gasteiger partial charge in [-0.25, -0.2) is 0 Å². The van der Waals surface area contributed by atoms with Crippen molar-refractivity contribution < 1.29 is 0 Å². The van der Waals surface area contributed by atoms with Crippen LogP contribution in [0.25, 0.3) is 0 Å². The normalized spacial score (nSPS) is 17.2. The first-order valence-electron chi connectivity index (χ1n) is 6.54. The maximum atomic E-state index is 8.90. The van der Waals surface area contributed by atoms with Crippen molar-refractivity contribution in [2.75, 3.05) is 6.54 Å². The Kier molecular flexibility index (Phi) is 4.38. The molecule has 0 aliphatic heterocycles. The molecular weight excluding hydrogens is 196 g/mol. The first kappa shape index (κ1) is 13.5. The van der Waals surface area contributed by atoms with E-state index in [9.17, 15) is 0 Å². The number of nitrogens with one attached hydrogen (secondary N) is 1. The summed E-state index contributed by atoms with van der Waals surface area (Å²) in [4.78, 5) is 0. The van der Waals surface area contributed by atoms with Crippen molar-refractivity contribution in [3.05, 3.63) is 0 Å². The Morgan fingerprint density at radius 1 is 1.19 bits per heavy atom. The van der Waals surface area contributed by atoms with E-state index >= 15 is 0 Å². The molecule has 2 heteroatoms. The lowest BCUT2D eigenvalue weighted by molar-refractivity contribution is 0.331. The quantitative estimate of drug-likeness (QED) is 0.669. The molecule has 1 aliphatic carbocycles. The second-order valence-corrected chi connectivity index (χ2v) is 6.38. The molecule has 92 valence electrons. The fourth-order valence-corrected chi connectivity index (χ4v) is 2.11. The molecule has 0 spiro atoms. The summed E-state index contributed by atoms with van der Waals surface area (Å²) in [7, 11) is 0. The average molecular weight is 222 g/mol. The largest absolute Gasteiger partial charge is 0.312 e. The summed E-state index contributed by atoms with van der Waals surface area (Å²) in [5.41, 5.74) is 0.177. The second-order valence-electron chi connectivity index (χ2n) is 6.38. The highest BCUT2D eigenvalue weighted by molar-refractivity contribution is 4.94. The van der Waals surface area contributed by atoms with Gasteiger partial charge in [0.15, 0.2) is 0 Å². The van der Waals surface area contributed by atoms with Crippen LogP contribution < -0.4 is 5.32 Å². The van der Waals surface area contributed by atoms with Crippen LogP contribution in [0, 0.1) is 22.7 Å². The molecule has 1 aliphatic rings. The molecule has 1 saturated carbocycles. The van der Waals surface area contributed by atoms with Gasteiger partial charge in [-0.15, -0.1) is 0 Å². The van der Waals surface area contributed by atoms with E-state index < -0.39 is 0 Å². The first-order valence-corrected chi connectivity index (χ1v) is 6.54. The molecule has 1 rings (SSSR count). The van der Waals surface area contributed by atoms with Gasteiger partial charge in [0.2, 0.25) is 0 Å². The zero-order chi connectivity index (χ0) is 12.2. The number of rotatable bonds is 7. The van der Waals surface area contributed by atoms with Crippen LogP contribution in [-0.4, -0.2) is 12.1 Å². The highest BCUT2D eigenvalue weighted by Gasteiger charge is 2.36. The van der Waals surface area contributed by atoms with Crippen LogP contribution in [0.1, 0.15) is 59.8 Å². The number of hydrogen-bond donors (Lipinski definition) is 1. The monoisotopic (exact) mass is 222 g/mol. The summed E-state index contributed by atoms with van der Waals surface area (Å²) >= 11 is 0. The lowest BCUT2D eigenvalue weighted by Gasteiger charge is -2.26. The van der Waals surface area contributed by atoms with Gasteiger partial charge in [-0.3, -0.25) is 0 Å². The summed E-state index contributed by atoms with van der Waals surface area (Å²) in [5.74, 6) is 0.892. The molecule has 0 bridgehead atoms. The van der Waals surface area contributed by atoms with Crippen LogP contribution in [0.15, 0.2) is 0 Å². The molecule has 1 fully saturated rings. The van der Waals surface area contributed by atoms with E-state index in [4.69, 9.17) is 5.26 Å². The Hall–Kier alpha value is -0.550. The van der Waals surface area contributed by atoms with Crippen LogP contribution in [0.4, 0.5) is 0 Å². The fourth-order valence-electron chi connectivity index (χ4n) is 2.11. The maximum absolute atomic E-state index is 8.90. The Labute approximate surface area is 100 Å². The number of nitriles is 1. The van der Waals surface area contributed by atoms with Crippen LogP contribution >= 0.6 is 0 Å². The summed E-state index contributed by atoms with van der Waals surface area (Å²) < 4.78 is 0. The van der Waals surface area contributed by atoms with E-state index in [-0.39, 0.29) is 5.41 Å². The summed E-state index contributed by atoms with van der Waals surface area (Å²) in [6.07, 6.45) is 6.12. The van der Waals surface area contributed by atoms with Gasteiger partial charge >= 0.3 is 0 Å². The average Bonchev–Trinajstić information content (AvgIpc) is 3.00. The SMILES string of the molecule is CC(C)(C#N)CCCCNC(C)(C)C1CC1. The zero-order valence-corrected chi connectivity index (χ0v) is 11.3. The van der Waals surface area contributed by atoms with Gasteiger partial charge in [-0.1, -0.05) is 6.42 Å². The third-order valence-electron chi connectivity index (χ3n) is 3.71. The molecule has 0 aromatic rings. The molecule has 2 nitrogen and oxygen atoms in total. The Bertz CT molecular complexity index is 256. The van der Waals surface area contributed by atoms with Crippen LogP contribution in [-0.2, 0) is 0 Å².